The molecule has 0 bridgehead atoms. The lowest BCUT2D eigenvalue weighted by Crippen LogP contribution is -2.13. The zero-order valence-electron chi connectivity index (χ0n) is 13.7. The van der Waals surface area contributed by atoms with Gasteiger partial charge in [0.05, 0.1) is 18.4 Å². The highest BCUT2D eigenvalue weighted by atomic mass is 16.1. The summed E-state index contributed by atoms with van der Waals surface area (Å²) in [5.41, 5.74) is 2.44. The van der Waals surface area contributed by atoms with E-state index in [1.54, 1.807) is 31.3 Å². The first-order valence-electron chi connectivity index (χ1n) is 7.69. The molecule has 0 spiro atoms. The molecule has 0 aliphatic heterocycles. The smallest absolute Gasteiger partial charge is 0.255 e. The number of benzene rings is 2. The molecule has 1 N–H and O–H groups in total. The molecule has 0 unspecified atom stereocenters. The zero-order chi connectivity index (χ0) is 17.9. The van der Waals surface area contributed by atoms with E-state index < -0.39 is 0 Å². The van der Waals surface area contributed by atoms with Crippen LogP contribution in [0.3, 0.4) is 0 Å². The van der Waals surface area contributed by atoms with Gasteiger partial charge in [0.1, 0.15) is 6.33 Å². The van der Waals surface area contributed by atoms with Crippen LogP contribution in [0.25, 0.3) is 17.1 Å². The summed E-state index contributed by atoms with van der Waals surface area (Å²) < 4.78 is 1.48. The van der Waals surface area contributed by atoms with Gasteiger partial charge in [-0.15, -0.1) is 15.3 Å². The number of carbonyl (C=O) groups excluding carboxylic acids is 1. The minimum absolute atomic E-state index is 0.267. The minimum atomic E-state index is -0.267. The maximum absolute atomic E-state index is 12.7. The van der Waals surface area contributed by atoms with Gasteiger partial charge in [0, 0.05) is 11.1 Å². The van der Waals surface area contributed by atoms with Gasteiger partial charge in [0.15, 0.2) is 0 Å². The van der Waals surface area contributed by atoms with Gasteiger partial charge < -0.3 is 5.32 Å². The summed E-state index contributed by atoms with van der Waals surface area (Å²) in [5, 5.41) is 25.9. The van der Waals surface area contributed by atoms with Crippen molar-refractivity contribution in [3.05, 3.63) is 60.4 Å². The standard InChI is InChI=1S/C16H13N9O/c1-24-20-15(19-22-24)13-7-2-3-8-14(13)18-16(26)11-5-4-6-12(9-11)25-10-17-21-23-25/h2-10H,1H3,(H,18,26). The maximum Gasteiger partial charge on any atom is 0.255 e. The van der Waals surface area contributed by atoms with E-state index >= 15 is 0 Å². The third-order valence-electron chi connectivity index (χ3n) is 3.65. The van der Waals surface area contributed by atoms with E-state index in [1.807, 2.05) is 24.3 Å². The fraction of sp³-hybridized carbons (Fsp3) is 0.0625. The second-order valence-electron chi connectivity index (χ2n) is 5.41. The first-order chi connectivity index (χ1) is 12.7. The number of hydrogen-bond donors (Lipinski definition) is 1. The largest absolute Gasteiger partial charge is 0.321 e. The van der Waals surface area contributed by atoms with E-state index in [9.17, 15) is 4.79 Å². The molecular weight excluding hydrogens is 334 g/mol. The second kappa shape index (κ2) is 6.51. The van der Waals surface area contributed by atoms with Gasteiger partial charge >= 0.3 is 0 Å². The lowest BCUT2D eigenvalue weighted by atomic mass is 10.1. The van der Waals surface area contributed by atoms with Crippen LogP contribution in [0, 0.1) is 0 Å². The molecule has 0 atom stereocenters. The summed E-state index contributed by atoms with van der Waals surface area (Å²) in [6.45, 7) is 0. The van der Waals surface area contributed by atoms with Gasteiger partial charge in [-0.3, -0.25) is 4.79 Å². The van der Waals surface area contributed by atoms with E-state index in [-0.39, 0.29) is 5.91 Å². The number of rotatable bonds is 4. The molecule has 10 nitrogen and oxygen atoms in total. The van der Waals surface area contributed by atoms with Crippen molar-refractivity contribution in [2.24, 2.45) is 7.05 Å². The Labute approximate surface area is 147 Å². The summed E-state index contributed by atoms with van der Waals surface area (Å²) in [4.78, 5) is 14.1. The molecule has 4 rings (SSSR count). The molecule has 0 radical (unpaired) electrons. The predicted octanol–water partition coefficient (Wildman–Crippen LogP) is 1.11. The SMILES string of the molecule is Cn1nnc(-c2ccccc2NC(=O)c2cccc(-n3cnnn3)c2)n1. The molecule has 0 aliphatic carbocycles. The molecule has 0 aliphatic rings. The Morgan fingerprint density at radius 3 is 2.73 bits per heavy atom. The molecule has 10 heteroatoms. The molecule has 0 fully saturated rings. The van der Waals surface area contributed by atoms with E-state index in [4.69, 9.17) is 0 Å². The molecule has 0 saturated carbocycles. The molecule has 4 aromatic rings. The number of aromatic nitrogens is 8. The molecule has 1 amide bonds. The second-order valence-corrected chi connectivity index (χ2v) is 5.41. The van der Waals surface area contributed by atoms with E-state index in [0.717, 1.165) is 0 Å². The topological polar surface area (TPSA) is 116 Å². The number of para-hydroxylation sites is 1. The first kappa shape index (κ1) is 15.6. The molecule has 0 saturated heterocycles. The predicted molar refractivity (Wildman–Crippen MR) is 91.3 cm³/mol. The van der Waals surface area contributed by atoms with Gasteiger partial charge in [0.25, 0.3) is 5.91 Å². The molecule has 2 aromatic carbocycles. The van der Waals surface area contributed by atoms with E-state index in [2.05, 4.69) is 36.3 Å². The Morgan fingerprint density at radius 1 is 1.08 bits per heavy atom. The van der Waals surface area contributed by atoms with Crippen LogP contribution in [-0.2, 0) is 7.05 Å². The third kappa shape index (κ3) is 3.02. The van der Waals surface area contributed by atoms with Crippen LogP contribution >= 0.6 is 0 Å². The molecule has 128 valence electrons. The lowest BCUT2D eigenvalue weighted by Gasteiger charge is -2.09. The van der Waals surface area contributed by atoms with E-state index in [0.29, 0.717) is 28.3 Å². The fourth-order valence-electron chi connectivity index (χ4n) is 2.44. The zero-order valence-corrected chi connectivity index (χ0v) is 13.7. The van der Waals surface area contributed by atoms with Crippen molar-refractivity contribution in [3.8, 4) is 17.1 Å². The summed E-state index contributed by atoms with van der Waals surface area (Å²) in [7, 11) is 1.68. The Kier molecular flexibility index (Phi) is 3.90. The van der Waals surface area contributed by atoms with Crippen LogP contribution in [-0.4, -0.2) is 46.3 Å². The molecular formula is C16H13N9O. The van der Waals surface area contributed by atoms with Crippen LogP contribution in [0.4, 0.5) is 5.69 Å². The quantitative estimate of drug-likeness (QED) is 0.587. The Hall–Kier alpha value is -3.95. The van der Waals surface area contributed by atoms with Crippen molar-refractivity contribution in [1.29, 1.82) is 0 Å². The Bertz CT molecular complexity index is 1060. The van der Waals surface area contributed by atoms with Gasteiger partial charge in [-0.05, 0) is 46.0 Å². The van der Waals surface area contributed by atoms with Crippen LogP contribution in [0.15, 0.2) is 54.9 Å². The number of tetrazole rings is 2. The van der Waals surface area contributed by atoms with E-state index in [1.165, 1.54) is 15.8 Å². The molecule has 2 heterocycles. The Morgan fingerprint density at radius 2 is 1.96 bits per heavy atom. The number of amides is 1. The Balaban J connectivity index is 1.63. The van der Waals surface area contributed by atoms with Gasteiger partial charge in [-0.2, -0.15) is 4.80 Å². The van der Waals surface area contributed by atoms with Crippen molar-refractivity contribution >= 4 is 11.6 Å². The summed E-state index contributed by atoms with van der Waals surface area (Å²) >= 11 is 0. The lowest BCUT2D eigenvalue weighted by molar-refractivity contribution is 0.102. The van der Waals surface area contributed by atoms with Crippen molar-refractivity contribution in [3.63, 3.8) is 0 Å². The van der Waals surface area contributed by atoms with Crippen molar-refractivity contribution in [1.82, 2.24) is 40.4 Å². The van der Waals surface area contributed by atoms with Crippen molar-refractivity contribution in [2.45, 2.75) is 0 Å². The van der Waals surface area contributed by atoms with Crippen LogP contribution in [0.1, 0.15) is 10.4 Å². The number of carbonyl (C=O) groups is 1. The highest BCUT2D eigenvalue weighted by molar-refractivity contribution is 6.06. The summed E-state index contributed by atoms with van der Waals surface area (Å²) in [6.07, 6.45) is 1.46. The summed E-state index contributed by atoms with van der Waals surface area (Å²) in [6, 6.07) is 14.3. The number of anilines is 1. The number of hydrogen-bond acceptors (Lipinski definition) is 7. The van der Waals surface area contributed by atoms with Crippen molar-refractivity contribution < 1.29 is 4.79 Å². The maximum atomic E-state index is 12.7. The van der Waals surface area contributed by atoms with Crippen LogP contribution in [0.5, 0.6) is 0 Å². The van der Waals surface area contributed by atoms with Crippen LogP contribution in [0.2, 0.25) is 0 Å². The van der Waals surface area contributed by atoms with Crippen LogP contribution < -0.4 is 5.32 Å². The third-order valence-corrected chi connectivity index (χ3v) is 3.65. The molecule has 2 aromatic heterocycles. The monoisotopic (exact) mass is 347 g/mol. The fourth-order valence-corrected chi connectivity index (χ4v) is 2.44. The van der Waals surface area contributed by atoms with Gasteiger partial charge in [0.2, 0.25) is 5.82 Å². The van der Waals surface area contributed by atoms with Crippen molar-refractivity contribution in [2.75, 3.05) is 5.32 Å². The minimum Gasteiger partial charge on any atom is -0.321 e. The number of nitrogens with zero attached hydrogens (tertiary/aromatic N) is 8. The average molecular weight is 347 g/mol. The normalized spacial score (nSPS) is 10.7. The summed E-state index contributed by atoms with van der Waals surface area (Å²) in [5.74, 6) is 0.169. The first-order valence-corrected chi connectivity index (χ1v) is 7.69. The number of nitrogens with one attached hydrogen (secondary N) is 1. The van der Waals surface area contributed by atoms with Gasteiger partial charge in [-0.1, -0.05) is 18.2 Å². The average Bonchev–Trinajstić information content (AvgIpc) is 3.34. The number of aryl methyl sites for hydroxylation is 1. The van der Waals surface area contributed by atoms with Gasteiger partial charge in [-0.25, -0.2) is 4.68 Å². The highest BCUT2D eigenvalue weighted by Gasteiger charge is 2.14. The molecule has 26 heavy (non-hydrogen) atoms. The highest BCUT2D eigenvalue weighted by Crippen LogP contribution is 2.25.